The van der Waals surface area contributed by atoms with Crippen LogP contribution in [-0.4, -0.2) is 26.8 Å². The minimum atomic E-state index is 0.125. The zero-order valence-corrected chi connectivity index (χ0v) is 12.6. The molecule has 0 amide bonds. The predicted molar refractivity (Wildman–Crippen MR) is 82.0 cm³/mol. The summed E-state index contributed by atoms with van der Waals surface area (Å²) in [7, 11) is 2.01. The first kappa shape index (κ1) is 14.0. The van der Waals surface area contributed by atoms with Gasteiger partial charge in [0.25, 0.3) is 0 Å². The Morgan fingerprint density at radius 3 is 2.95 bits per heavy atom. The Kier molecular flexibility index (Phi) is 3.88. The van der Waals surface area contributed by atoms with E-state index < -0.39 is 0 Å². The average Bonchev–Trinajstić information content (AvgIpc) is 3.08. The highest BCUT2D eigenvalue weighted by Crippen LogP contribution is 2.32. The molecule has 21 heavy (non-hydrogen) atoms. The number of carbonyl (C=O) groups is 1. The van der Waals surface area contributed by atoms with Crippen molar-refractivity contribution in [1.29, 1.82) is 0 Å². The lowest BCUT2D eigenvalue weighted by Crippen LogP contribution is -2.24. The largest absolute Gasteiger partial charge is 0.353 e. The molecule has 1 atom stereocenters. The van der Waals surface area contributed by atoms with Crippen LogP contribution >= 0.6 is 0 Å². The lowest BCUT2D eigenvalue weighted by Gasteiger charge is -2.24. The van der Waals surface area contributed by atoms with Crippen molar-refractivity contribution in [3.05, 3.63) is 53.6 Å². The molecule has 0 spiro atoms. The van der Waals surface area contributed by atoms with Crippen LogP contribution in [0.3, 0.4) is 0 Å². The van der Waals surface area contributed by atoms with Gasteiger partial charge in [-0.15, -0.1) is 0 Å². The van der Waals surface area contributed by atoms with Crippen molar-refractivity contribution in [2.75, 3.05) is 6.54 Å². The maximum Gasteiger partial charge on any atom is 0.161 e. The zero-order chi connectivity index (χ0) is 14.8. The Labute approximate surface area is 125 Å². The second-order valence-electron chi connectivity index (χ2n) is 5.77. The Bertz CT molecular complexity index is 633. The second kappa shape index (κ2) is 5.82. The average molecular weight is 283 g/mol. The van der Waals surface area contributed by atoms with Gasteiger partial charge in [0.2, 0.25) is 0 Å². The first-order chi connectivity index (χ1) is 10.1. The van der Waals surface area contributed by atoms with Crippen molar-refractivity contribution >= 4 is 5.78 Å². The van der Waals surface area contributed by atoms with Crippen molar-refractivity contribution < 1.29 is 4.79 Å². The van der Waals surface area contributed by atoms with Crippen molar-refractivity contribution in [3.8, 4) is 0 Å². The van der Waals surface area contributed by atoms with Crippen molar-refractivity contribution in [1.82, 2.24) is 14.5 Å². The first-order valence-corrected chi connectivity index (χ1v) is 7.46. The number of aryl methyl sites for hydroxylation is 1. The van der Waals surface area contributed by atoms with Gasteiger partial charge in [-0.1, -0.05) is 6.07 Å². The van der Waals surface area contributed by atoms with Gasteiger partial charge in [0.1, 0.15) is 0 Å². The van der Waals surface area contributed by atoms with Gasteiger partial charge in [0, 0.05) is 37.2 Å². The molecule has 0 N–H and O–H groups in total. The van der Waals surface area contributed by atoms with Crippen LogP contribution in [0.25, 0.3) is 0 Å². The summed E-state index contributed by atoms with van der Waals surface area (Å²) < 4.78 is 2.06. The predicted octanol–water partition coefficient (Wildman–Crippen LogP) is 2.96. The SMILES string of the molecule is CC(=O)c1cc(CN2CCC[C@H]2c2ccccn2)n(C)c1. The van der Waals surface area contributed by atoms with E-state index in [1.165, 1.54) is 12.1 Å². The molecule has 110 valence electrons. The molecule has 1 saturated heterocycles. The van der Waals surface area contributed by atoms with Gasteiger partial charge in [-0.25, -0.2) is 0 Å². The summed E-state index contributed by atoms with van der Waals surface area (Å²) in [5, 5.41) is 0. The fraction of sp³-hybridized carbons (Fsp3) is 0.412. The molecule has 4 nitrogen and oxygen atoms in total. The van der Waals surface area contributed by atoms with Crippen LogP contribution in [0.2, 0.25) is 0 Å². The third kappa shape index (κ3) is 2.90. The summed E-state index contributed by atoms with van der Waals surface area (Å²) >= 11 is 0. The fourth-order valence-electron chi connectivity index (χ4n) is 3.09. The van der Waals surface area contributed by atoms with Gasteiger partial charge >= 0.3 is 0 Å². The fourth-order valence-corrected chi connectivity index (χ4v) is 3.09. The van der Waals surface area contributed by atoms with Gasteiger partial charge in [-0.3, -0.25) is 14.7 Å². The van der Waals surface area contributed by atoms with E-state index in [-0.39, 0.29) is 5.78 Å². The number of hydrogen-bond acceptors (Lipinski definition) is 3. The molecule has 0 aromatic carbocycles. The van der Waals surface area contributed by atoms with Gasteiger partial charge in [-0.2, -0.15) is 0 Å². The molecule has 2 aromatic heterocycles. The maximum atomic E-state index is 11.5. The topological polar surface area (TPSA) is 38.1 Å². The normalized spacial score (nSPS) is 19.0. The standard InChI is InChI=1S/C17H21N3O/c1-13(21)14-10-15(19(2)11-14)12-20-9-5-7-17(20)16-6-3-4-8-18-16/h3-4,6,8,10-11,17H,5,7,9,12H2,1-2H3/t17-/m0/s1. The van der Waals surface area contributed by atoms with Crippen LogP contribution in [0.5, 0.6) is 0 Å². The number of nitrogens with zero attached hydrogens (tertiary/aromatic N) is 3. The van der Waals surface area contributed by atoms with Crippen molar-refractivity contribution in [2.24, 2.45) is 7.05 Å². The van der Waals surface area contributed by atoms with Gasteiger partial charge in [0.05, 0.1) is 11.7 Å². The number of pyridine rings is 1. The van der Waals surface area contributed by atoms with Crippen LogP contribution in [0, 0.1) is 0 Å². The molecule has 0 unspecified atom stereocenters. The molecular formula is C17H21N3O. The third-order valence-electron chi connectivity index (χ3n) is 4.27. The second-order valence-corrected chi connectivity index (χ2v) is 5.77. The van der Waals surface area contributed by atoms with Crippen molar-refractivity contribution in [3.63, 3.8) is 0 Å². The molecule has 3 heterocycles. The molecule has 1 aliphatic heterocycles. The Morgan fingerprint density at radius 2 is 2.29 bits per heavy atom. The van der Waals surface area contributed by atoms with Crippen LogP contribution < -0.4 is 0 Å². The smallest absolute Gasteiger partial charge is 0.161 e. The molecule has 0 radical (unpaired) electrons. The van der Waals surface area contributed by atoms with Gasteiger partial charge in [0.15, 0.2) is 5.78 Å². The number of aromatic nitrogens is 2. The summed E-state index contributed by atoms with van der Waals surface area (Å²) in [5.74, 6) is 0.125. The van der Waals surface area contributed by atoms with E-state index in [1.54, 1.807) is 6.92 Å². The minimum absolute atomic E-state index is 0.125. The lowest BCUT2D eigenvalue weighted by molar-refractivity contribution is 0.101. The highest BCUT2D eigenvalue weighted by molar-refractivity contribution is 5.94. The monoisotopic (exact) mass is 283 g/mol. The number of ketones is 1. The molecular weight excluding hydrogens is 262 g/mol. The van der Waals surface area contributed by atoms with E-state index in [1.807, 2.05) is 31.6 Å². The molecule has 1 fully saturated rings. The maximum absolute atomic E-state index is 11.5. The number of rotatable bonds is 4. The summed E-state index contributed by atoms with van der Waals surface area (Å²) in [6.07, 6.45) is 6.14. The van der Waals surface area contributed by atoms with E-state index in [0.717, 1.165) is 30.8 Å². The summed E-state index contributed by atoms with van der Waals surface area (Å²) in [4.78, 5) is 18.5. The molecule has 1 aliphatic rings. The molecule has 0 saturated carbocycles. The summed E-state index contributed by atoms with van der Waals surface area (Å²) in [5.41, 5.74) is 3.13. The van der Waals surface area contributed by atoms with E-state index >= 15 is 0 Å². The van der Waals surface area contributed by atoms with Crippen LogP contribution in [-0.2, 0) is 13.6 Å². The Balaban J connectivity index is 1.79. The van der Waals surface area contributed by atoms with E-state index in [2.05, 4.69) is 26.6 Å². The molecule has 3 rings (SSSR count). The van der Waals surface area contributed by atoms with E-state index in [0.29, 0.717) is 6.04 Å². The first-order valence-electron chi connectivity index (χ1n) is 7.46. The summed E-state index contributed by atoms with van der Waals surface area (Å²) in [6.45, 7) is 3.57. The number of likely N-dealkylation sites (tertiary alicyclic amines) is 1. The van der Waals surface area contributed by atoms with Crippen LogP contribution in [0.4, 0.5) is 0 Å². The molecule has 0 bridgehead atoms. The highest BCUT2D eigenvalue weighted by atomic mass is 16.1. The lowest BCUT2D eigenvalue weighted by atomic mass is 10.1. The highest BCUT2D eigenvalue weighted by Gasteiger charge is 2.27. The van der Waals surface area contributed by atoms with E-state index in [9.17, 15) is 4.79 Å². The Hall–Kier alpha value is -1.94. The van der Waals surface area contributed by atoms with E-state index in [4.69, 9.17) is 0 Å². The third-order valence-corrected chi connectivity index (χ3v) is 4.27. The van der Waals surface area contributed by atoms with Gasteiger partial charge < -0.3 is 4.57 Å². The molecule has 0 aliphatic carbocycles. The summed E-state index contributed by atoms with van der Waals surface area (Å²) in [6, 6.07) is 8.52. The van der Waals surface area contributed by atoms with Crippen LogP contribution in [0.1, 0.15) is 47.6 Å². The quantitative estimate of drug-likeness (QED) is 0.810. The van der Waals surface area contributed by atoms with Gasteiger partial charge in [-0.05, 0) is 44.5 Å². The van der Waals surface area contributed by atoms with Crippen LogP contribution in [0.15, 0.2) is 36.7 Å². The van der Waals surface area contributed by atoms with Crippen molar-refractivity contribution in [2.45, 2.75) is 32.4 Å². The molecule has 4 heteroatoms. The molecule has 2 aromatic rings. The number of hydrogen-bond donors (Lipinski definition) is 0. The number of Topliss-reactive ketones (excluding diaryl/α,β-unsaturated/α-hetero) is 1. The number of carbonyl (C=O) groups excluding carboxylic acids is 1. The minimum Gasteiger partial charge on any atom is -0.353 e. The zero-order valence-electron chi connectivity index (χ0n) is 12.6. The Morgan fingerprint density at radius 1 is 1.43 bits per heavy atom.